The minimum atomic E-state index is 0. The number of aromatic nitrogens is 2. The van der Waals surface area contributed by atoms with Gasteiger partial charge in [0.05, 0.1) is 5.69 Å². The Hall–Kier alpha value is -2.68. The second-order valence-corrected chi connectivity index (χ2v) is 7.19. The van der Waals surface area contributed by atoms with Crippen LogP contribution in [-0.4, -0.2) is 16.0 Å². The van der Waals surface area contributed by atoms with Gasteiger partial charge in [0, 0.05) is 31.1 Å². The number of benzene rings is 1. The summed E-state index contributed by atoms with van der Waals surface area (Å²) in [6.45, 7) is 10.1. The van der Waals surface area contributed by atoms with E-state index in [0.717, 1.165) is 48.2 Å². The molecule has 150 valence electrons. The Kier molecular flexibility index (Phi) is 8.67. The molecule has 0 unspecified atom stereocenters. The molecule has 1 aromatic carbocycles. The number of nitrogens with zero attached hydrogens (tertiary/aromatic N) is 1. The fourth-order valence-electron chi connectivity index (χ4n) is 3.25. The number of H-pyrrole nitrogens is 1. The number of aryl methyl sites for hydroxylation is 2. The zero-order chi connectivity index (χ0) is 20.4. The van der Waals surface area contributed by atoms with Gasteiger partial charge in [-0.2, -0.15) is 5.10 Å². The molecule has 2 aromatic rings. The van der Waals surface area contributed by atoms with Crippen LogP contribution < -0.4 is 0 Å². The molecule has 0 aliphatic carbocycles. The highest BCUT2D eigenvalue weighted by atomic mass is 16.1. The minimum absolute atomic E-state index is 0. The summed E-state index contributed by atoms with van der Waals surface area (Å²) in [5, 5.41) is 7.68. The lowest BCUT2D eigenvalue weighted by molar-refractivity contribution is -0.118. The van der Waals surface area contributed by atoms with Crippen molar-refractivity contribution in [2.75, 3.05) is 0 Å². The SMILES string of the molecule is C=C/C=C(\C=C/C)c1n[nH]c(CC(=O)CCc2ccc(C)cc2)c1CCCC.[HH]. The largest absolute Gasteiger partial charge is 0.299 e. The van der Waals surface area contributed by atoms with E-state index >= 15 is 0 Å². The molecule has 0 spiro atoms. The van der Waals surface area contributed by atoms with Gasteiger partial charge in [-0.25, -0.2) is 0 Å². The first kappa shape index (κ1) is 21.6. The third kappa shape index (κ3) is 6.19. The monoisotopic (exact) mass is 378 g/mol. The van der Waals surface area contributed by atoms with Gasteiger partial charge in [-0.05, 0) is 38.7 Å². The third-order valence-corrected chi connectivity index (χ3v) is 4.84. The molecular weight excluding hydrogens is 344 g/mol. The first-order valence-corrected chi connectivity index (χ1v) is 10.2. The molecule has 0 saturated heterocycles. The van der Waals surface area contributed by atoms with Crippen molar-refractivity contribution in [3.05, 3.63) is 83.2 Å². The first-order chi connectivity index (χ1) is 13.6. The predicted molar refractivity (Wildman–Crippen MR) is 121 cm³/mol. The molecule has 0 bridgehead atoms. The number of rotatable bonds is 11. The van der Waals surface area contributed by atoms with Gasteiger partial charge in [-0.3, -0.25) is 9.89 Å². The van der Waals surface area contributed by atoms with Crippen LogP contribution in [0.2, 0.25) is 0 Å². The van der Waals surface area contributed by atoms with Crippen LogP contribution in [0.3, 0.4) is 0 Å². The summed E-state index contributed by atoms with van der Waals surface area (Å²) in [5.41, 5.74) is 6.53. The first-order valence-electron chi connectivity index (χ1n) is 10.2. The Morgan fingerprint density at radius 3 is 2.64 bits per heavy atom. The molecule has 28 heavy (non-hydrogen) atoms. The van der Waals surface area contributed by atoms with E-state index in [2.05, 4.69) is 54.9 Å². The molecule has 3 heteroatoms. The summed E-state index contributed by atoms with van der Waals surface area (Å²) < 4.78 is 0. The second-order valence-electron chi connectivity index (χ2n) is 7.19. The van der Waals surface area contributed by atoms with Gasteiger partial charge >= 0.3 is 0 Å². The summed E-state index contributed by atoms with van der Waals surface area (Å²) in [6, 6.07) is 8.40. The maximum atomic E-state index is 12.6. The van der Waals surface area contributed by atoms with E-state index in [1.807, 2.05) is 25.2 Å². The van der Waals surface area contributed by atoms with E-state index < -0.39 is 0 Å². The summed E-state index contributed by atoms with van der Waals surface area (Å²) in [4.78, 5) is 12.6. The summed E-state index contributed by atoms with van der Waals surface area (Å²) >= 11 is 0. The smallest absolute Gasteiger partial charge is 0.139 e. The van der Waals surface area contributed by atoms with E-state index in [0.29, 0.717) is 12.8 Å². The molecular formula is C25H34N2O. The van der Waals surface area contributed by atoms with Crippen molar-refractivity contribution < 1.29 is 6.22 Å². The topological polar surface area (TPSA) is 45.8 Å². The van der Waals surface area contributed by atoms with E-state index in [9.17, 15) is 4.79 Å². The zero-order valence-electron chi connectivity index (χ0n) is 17.4. The van der Waals surface area contributed by atoms with Gasteiger partial charge in [0.25, 0.3) is 0 Å². The van der Waals surface area contributed by atoms with Crippen molar-refractivity contribution in [1.82, 2.24) is 10.2 Å². The fourth-order valence-corrected chi connectivity index (χ4v) is 3.25. The Morgan fingerprint density at radius 1 is 1.25 bits per heavy atom. The zero-order valence-corrected chi connectivity index (χ0v) is 17.4. The molecule has 0 saturated carbocycles. The van der Waals surface area contributed by atoms with Gasteiger partial charge in [-0.1, -0.05) is 74.1 Å². The lowest BCUT2D eigenvalue weighted by Crippen LogP contribution is -2.07. The van der Waals surface area contributed by atoms with Crippen LogP contribution in [0.15, 0.2) is 55.1 Å². The van der Waals surface area contributed by atoms with E-state index in [4.69, 9.17) is 0 Å². The van der Waals surface area contributed by atoms with Crippen LogP contribution in [-0.2, 0) is 24.1 Å². The van der Waals surface area contributed by atoms with Crippen LogP contribution in [0.4, 0.5) is 0 Å². The number of aromatic amines is 1. The van der Waals surface area contributed by atoms with Crippen LogP contribution >= 0.6 is 0 Å². The van der Waals surface area contributed by atoms with Crippen molar-refractivity contribution >= 4 is 11.4 Å². The molecule has 1 N–H and O–H groups in total. The average molecular weight is 379 g/mol. The Morgan fingerprint density at radius 2 is 2.00 bits per heavy atom. The normalized spacial score (nSPS) is 11.9. The van der Waals surface area contributed by atoms with Crippen molar-refractivity contribution in [3.63, 3.8) is 0 Å². The maximum absolute atomic E-state index is 12.6. The highest BCUT2D eigenvalue weighted by Gasteiger charge is 2.17. The van der Waals surface area contributed by atoms with Gasteiger partial charge in [0.15, 0.2) is 0 Å². The van der Waals surface area contributed by atoms with Crippen molar-refractivity contribution in [1.29, 1.82) is 0 Å². The van der Waals surface area contributed by atoms with E-state index in [-0.39, 0.29) is 7.21 Å². The van der Waals surface area contributed by atoms with Crippen LogP contribution in [0.5, 0.6) is 0 Å². The molecule has 0 amide bonds. The van der Waals surface area contributed by atoms with Gasteiger partial charge in [0.1, 0.15) is 5.78 Å². The fraction of sp³-hybridized carbons (Fsp3) is 0.360. The number of hydrogen-bond donors (Lipinski definition) is 1. The highest BCUT2D eigenvalue weighted by molar-refractivity contribution is 5.82. The maximum Gasteiger partial charge on any atom is 0.139 e. The lowest BCUT2D eigenvalue weighted by atomic mass is 9.97. The average Bonchev–Trinajstić information content (AvgIpc) is 3.08. The number of hydrogen-bond acceptors (Lipinski definition) is 2. The van der Waals surface area contributed by atoms with Crippen molar-refractivity contribution in [3.8, 4) is 0 Å². The number of unbranched alkanes of at least 4 members (excludes halogenated alkanes) is 1. The Bertz CT molecular complexity index is 844. The quantitative estimate of drug-likeness (QED) is 0.473. The van der Waals surface area contributed by atoms with Crippen LogP contribution in [0.25, 0.3) is 5.57 Å². The van der Waals surface area contributed by atoms with Crippen molar-refractivity contribution in [2.24, 2.45) is 0 Å². The molecule has 0 aliphatic heterocycles. The Labute approximate surface area is 170 Å². The number of carbonyl (C=O) groups is 1. The number of allylic oxidation sites excluding steroid dienone is 5. The minimum Gasteiger partial charge on any atom is -0.299 e. The summed E-state index contributed by atoms with van der Waals surface area (Å²) in [7, 11) is 0. The summed E-state index contributed by atoms with van der Waals surface area (Å²) in [6.07, 6.45) is 12.6. The molecule has 0 radical (unpaired) electrons. The lowest BCUT2D eigenvalue weighted by Gasteiger charge is -2.07. The molecule has 0 atom stereocenters. The van der Waals surface area contributed by atoms with E-state index in [1.165, 1.54) is 11.1 Å². The van der Waals surface area contributed by atoms with Crippen LogP contribution in [0, 0.1) is 6.92 Å². The molecule has 3 nitrogen and oxygen atoms in total. The second kappa shape index (κ2) is 11.2. The van der Waals surface area contributed by atoms with Gasteiger partial charge < -0.3 is 0 Å². The van der Waals surface area contributed by atoms with E-state index in [1.54, 1.807) is 6.08 Å². The van der Waals surface area contributed by atoms with Gasteiger partial charge in [-0.15, -0.1) is 0 Å². The number of ketones is 1. The summed E-state index contributed by atoms with van der Waals surface area (Å²) in [5.74, 6) is 0.244. The third-order valence-electron chi connectivity index (χ3n) is 4.84. The molecule has 0 aliphatic rings. The van der Waals surface area contributed by atoms with Crippen LogP contribution in [0.1, 0.15) is 62.6 Å². The molecule has 0 fully saturated rings. The molecule has 2 rings (SSSR count). The predicted octanol–water partition coefficient (Wildman–Crippen LogP) is 6.20. The highest BCUT2D eigenvalue weighted by Crippen LogP contribution is 2.24. The number of nitrogens with one attached hydrogen (secondary N) is 1. The van der Waals surface area contributed by atoms with Crippen molar-refractivity contribution in [2.45, 2.75) is 59.3 Å². The molecule has 1 heterocycles. The number of Topliss-reactive ketones (excluding diaryl/α,β-unsaturated/α-hetero) is 1. The standard InChI is InChI=1S/C25H32N2O.H2/c1-5-8-11-23-24(26-27-25(23)21(9-6-2)10-7-3)18-22(28)17-16-20-14-12-19(4)13-15-20;/h6-7,9-10,12-15H,2,5,8,11,16-18H2,1,3-4H3,(H,26,27);1H/b10-7-,21-9+;. The Balaban J connectivity index is 0.00000420. The number of carbonyl (C=O) groups excluding carboxylic acids is 1. The van der Waals surface area contributed by atoms with Gasteiger partial charge in [0.2, 0.25) is 0 Å². The molecule has 1 aromatic heterocycles.